The number of halogens is 1. The van der Waals surface area contributed by atoms with Gasteiger partial charge in [-0.1, -0.05) is 42.5 Å². The molecule has 5 rings (SSSR count). The number of carbonyl (C=O) groups is 3. The van der Waals surface area contributed by atoms with Gasteiger partial charge in [0.2, 0.25) is 5.91 Å². The summed E-state index contributed by atoms with van der Waals surface area (Å²) in [6, 6.07) is 19.2. The molecule has 0 aromatic heterocycles. The fourth-order valence-corrected chi connectivity index (χ4v) is 5.25. The maximum atomic E-state index is 13.4. The molecule has 0 saturated carbocycles. The van der Waals surface area contributed by atoms with E-state index < -0.39 is 11.1 Å². The van der Waals surface area contributed by atoms with E-state index in [1.165, 1.54) is 24.8 Å². The number of carbonyl (C=O) groups excluding carboxylic acids is 3. The van der Waals surface area contributed by atoms with Crippen LogP contribution in [0.4, 0.5) is 9.18 Å². The predicted molar refractivity (Wildman–Crippen MR) is 142 cm³/mol. The fraction of sp³-hybridized carbons (Fsp3) is 0.207. The molecule has 0 spiro atoms. The summed E-state index contributed by atoms with van der Waals surface area (Å²) in [5.41, 5.74) is 3.60. The SMILES string of the molecule is COc1cc(/C=C2\SC(=O)N(CC(=O)N3CCc4ccccc4C3)C2=O)ccc1OCc1cccc(F)c1. The number of nitrogens with zero attached hydrogens (tertiary/aromatic N) is 2. The first-order chi connectivity index (χ1) is 18.4. The van der Waals surface area contributed by atoms with Crippen molar-refractivity contribution in [1.29, 1.82) is 0 Å². The first-order valence-electron chi connectivity index (χ1n) is 12.1. The van der Waals surface area contributed by atoms with Crippen LogP contribution in [0.25, 0.3) is 6.08 Å². The molecule has 0 bridgehead atoms. The van der Waals surface area contributed by atoms with E-state index in [-0.39, 0.29) is 29.8 Å². The van der Waals surface area contributed by atoms with Gasteiger partial charge in [-0.05, 0) is 70.8 Å². The van der Waals surface area contributed by atoms with Crippen LogP contribution in [0.2, 0.25) is 0 Å². The molecule has 0 N–H and O–H groups in total. The Bertz CT molecular complexity index is 1440. The summed E-state index contributed by atoms with van der Waals surface area (Å²) in [7, 11) is 1.49. The average Bonchev–Trinajstić information content (AvgIpc) is 3.19. The van der Waals surface area contributed by atoms with Crippen LogP contribution in [0.15, 0.2) is 71.6 Å². The monoisotopic (exact) mass is 532 g/mol. The average molecular weight is 533 g/mol. The van der Waals surface area contributed by atoms with Crippen LogP contribution in [-0.2, 0) is 29.2 Å². The lowest BCUT2D eigenvalue weighted by molar-refractivity contribution is -0.136. The number of benzene rings is 3. The van der Waals surface area contributed by atoms with E-state index in [4.69, 9.17) is 9.47 Å². The summed E-state index contributed by atoms with van der Waals surface area (Å²) in [6.45, 7) is 0.882. The fourth-order valence-electron chi connectivity index (χ4n) is 4.41. The second-order valence-corrected chi connectivity index (χ2v) is 9.92. The Balaban J connectivity index is 1.25. The van der Waals surface area contributed by atoms with Crippen molar-refractivity contribution in [3.8, 4) is 11.5 Å². The number of hydrogen-bond acceptors (Lipinski definition) is 6. The molecule has 2 aliphatic rings. The molecule has 0 radical (unpaired) electrons. The molecular formula is C29H25FN2O5S. The summed E-state index contributed by atoms with van der Waals surface area (Å²) in [4.78, 5) is 41.4. The number of thioether (sulfide) groups is 1. The highest BCUT2D eigenvalue weighted by Crippen LogP contribution is 2.35. The number of imide groups is 1. The number of rotatable bonds is 7. The minimum absolute atomic E-state index is 0.156. The summed E-state index contributed by atoms with van der Waals surface area (Å²) >= 11 is 0.801. The van der Waals surface area contributed by atoms with Gasteiger partial charge in [-0.15, -0.1) is 0 Å². The Morgan fingerprint density at radius 1 is 1.03 bits per heavy atom. The normalized spacial score (nSPS) is 16.1. The van der Waals surface area contributed by atoms with E-state index >= 15 is 0 Å². The van der Waals surface area contributed by atoms with Crippen LogP contribution in [0, 0.1) is 5.82 Å². The van der Waals surface area contributed by atoms with Gasteiger partial charge in [0.1, 0.15) is 19.0 Å². The Hall–Kier alpha value is -4.11. The third-order valence-corrected chi connectivity index (χ3v) is 7.33. The lowest BCUT2D eigenvalue weighted by Crippen LogP contribution is -2.44. The van der Waals surface area contributed by atoms with Crippen molar-refractivity contribution in [2.75, 3.05) is 20.2 Å². The van der Waals surface area contributed by atoms with Crippen molar-refractivity contribution in [3.05, 3.63) is 99.7 Å². The minimum Gasteiger partial charge on any atom is -0.493 e. The first-order valence-corrected chi connectivity index (χ1v) is 12.9. The molecule has 0 aliphatic carbocycles. The topological polar surface area (TPSA) is 76.2 Å². The highest BCUT2D eigenvalue weighted by Gasteiger charge is 2.37. The van der Waals surface area contributed by atoms with Crippen LogP contribution in [0.5, 0.6) is 11.5 Å². The number of ether oxygens (including phenoxy) is 2. The van der Waals surface area contributed by atoms with E-state index in [1.807, 2.05) is 18.2 Å². The molecule has 194 valence electrons. The molecule has 38 heavy (non-hydrogen) atoms. The smallest absolute Gasteiger partial charge is 0.294 e. The lowest BCUT2D eigenvalue weighted by atomic mass is 10.00. The van der Waals surface area contributed by atoms with Crippen molar-refractivity contribution in [2.24, 2.45) is 0 Å². The maximum absolute atomic E-state index is 13.4. The van der Waals surface area contributed by atoms with Crippen molar-refractivity contribution >= 4 is 34.9 Å². The second-order valence-electron chi connectivity index (χ2n) is 8.93. The van der Waals surface area contributed by atoms with Gasteiger partial charge in [0.05, 0.1) is 12.0 Å². The largest absolute Gasteiger partial charge is 0.493 e. The Morgan fingerprint density at radius 3 is 2.63 bits per heavy atom. The Morgan fingerprint density at radius 2 is 1.84 bits per heavy atom. The van der Waals surface area contributed by atoms with Crippen LogP contribution in [0.1, 0.15) is 22.3 Å². The third kappa shape index (κ3) is 5.57. The molecule has 0 unspecified atom stereocenters. The molecule has 1 saturated heterocycles. The van der Waals surface area contributed by atoms with E-state index in [9.17, 15) is 18.8 Å². The molecule has 7 nitrogen and oxygen atoms in total. The van der Waals surface area contributed by atoms with E-state index in [2.05, 4.69) is 6.07 Å². The lowest BCUT2D eigenvalue weighted by Gasteiger charge is -2.29. The van der Waals surface area contributed by atoms with Crippen LogP contribution in [0.3, 0.4) is 0 Å². The second kappa shape index (κ2) is 11.1. The minimum atomic E-state index is -0.504. The van der Waals surface area contributed by atoms with E-state index in [1.54, 1.807) is 41.3 Å². The molecule has 3 aromatic rings. The summed E-state index contributed by atoms with van der Waals surface area (Å²) in [5, 5.41) is -0.478. The standard InChI is InChI=1S/C29H25FN2O5S/c1-36-25-14-19(9-10-24(25)37-18-20-5-4-8-23(30)13-20)15-26-28(34)32(29(35)38-26)17-27(33)31-12-11-21-6-2-3-7-22(21)16-31/h2-10,13-15H,11-12,16-18H2,1H3/b26-15-. The summed E-state index contributed by atoms with van der Waals surface area (Å²) < 4.78 is 24.6. The zero-order chi connectivity index (χ0) is 26.6. The molecule has 2 heterocycles. The number of fused-ring (bicyclic) bond motifs is 1. The van der Waals surface area contributed by atoms with Crippen LogP contribution < -0.4 is 9.47 Å². The van der Waals surface area contributed by atoms with Gasteiger partial charge in [-0.25, -0.2) is 4.39 Å². The van der Waals surface area contributed by atoms with Gasteiger partial charge in [0, 0.05) is 13.1 Å². The maximum Gasteiger partial charge on any atom is 0.294 e. The van der Waals surface area contributed by atoms with Gasteiger partial charge in [0.25, 0.3) is 11.1 Å². The van der Waals surface area contributed by atoms with Gasteiger partial charge >= 0.3 is 0 Å². The first kappa shape index (κ1) is 25.5. The van der Waals surface area contributed by atoms with E-state index in [0.717, 1.165) is 28.6 Å². The highest BCUT2D eigenvalue weighted by atomic mass is 32.2. The molecule has 3 aromatic carbocycles. The summed E-state index contributed by atoms with van der Waals surface area (Å²) in [5.74, 6) is -0.225. The Kier molecular flexibility index (Phi) is 7.46. The van der Waals surface area contributed by atoms with Gasteiger partial charge in [-0.2, -0.15) is 0 Å². The summed E-state index contributed by atoms with van der Waals surface area (Å²) in [6.07, 6.45) is 2.33. The van der Waals surface area contributed by atoms with E-state index in [0.29, 0.717) is 35.7 Å². The molecule has 2 aliphatic heterocycles. The predicted octanol–water partition coefficient (Wildman–Crippen LogP) is 5.03. The van der Waals surface area contributed by atoms with Crippen LogP contribution in [-0.4, -0.2) is 47.1 Å². The van der Waals surface area contributed by atoms with Gasteiger partial charge < -0.3 is 14.4 Å². The molecule has 1 fully saturated rings. The van der Waals surface area contributed by atoms with Crippen molar-refractivity contribution < 1.29 is 28.2 Å². The molecular weight excluding hydrogens is 507 g/mol. The quantitative estimate of drug-likeness (QED) is 0.397. The molecule has 0 atom stereocenters. The zero-order valence-corrected chi connectivity index (χ0v) is 21.5. The van der Waals surface area contributed by atoms with Crippen molar-refractivity contribution in [2.45, 2.75) is 19.6 Å². The van der Waals surface area contributed by atoms with Crippen LogP contribution >= 0.6 is 11.8 Å². The Labute approximate surface area is 223 Å². The number of amides is 3. The third-order valence-electron chi connectivity index (χ3n) is 6.42. The van der Waals surface area contributed by atoms with Crippen molar-refractivity contribution in [3.63, 3.8) is 0 Å². The number of hydrogen-bond donors (Lipinski definition) is 0. The van der Waals surface area contributed by atoms with Crippen molar-refractivity contribution in [1.82, 2.24) is 9.80 Å². The molecule has 3 amide bonds. The van der Waals surface area contributed by atoms with Gasteiger partial charge in [-0.3, -0.25) is 19.3 Å². The molecule has 9 heteroatoms. The zero-order valence-electron chi connectivity index (χ0n) is 20.7. The highest BCUT2D eigenvalue weighted by molar-refractivity contribution is 8.18. The van der Waals surface area contributed by atoms with Gasteiger partial charge in [0.15, 0.2) is 11.5 Å². The number of methoxy groups -OCH3 is 1.